The lowest BCUT2D eigenvalue weighted by Crippen LogP contribution is -2.31. The van der Waals surface area contributed by atoms with Gasteiger partial charge in [-0.25, -0.2) is 0 Å². The van der Waals surface area contributed by atoms with Gasteiger partial charge in [-0.2, -0.15) is 13.2 Å². The maximum atomic E-state index is 12.6. The molecule has 0 atom stereocenters. The Balaban J connectivity index is 2.71. The lowest BCUT2D eigenvalue weighted by atomic mass is 9.85. The van der Waals surface area contributed by atoms with Gasteiger partial charge in [0.25, 0.3) is 0 Å². The summed E-state index contributed by atoms with van der Waals surface area (Å²) in [4.78, 5) is 0. The van der Waals surface area contributed by atoms with Gasteiger partial charge in [0.2, 0.25) is 0 Å². The average Bonchev–Trinajstić information content (AvgIpc) is 2.27. The smallest absolute Gasteiger partial charge is 0.316 e. The highest BCUT2D eigenvalue weighted by molar-refractivity contribution is 5.26. The van der Waals surface area contributed by atoms with Crippen LogP contribution in [0.4, 0.5) is 13.2 Å². The summed E-state index contributed by atoms with van der Waals surface area (Å²) in [6.07, 6.45) is -2.58. The summed E-state index contributed by atoms with van der Waals surface area (Å²) < 4.78 is 37.9. The van der Waals surface area contributed by atoms with Gasteiger partial charge in [0.15, 0.2) is 0 Å². The monoisotopic (exact) mass is 273 g/mol. The Morgan fingerprint density at radius 3 is 2.42 bits per heavy atom. The van der Waals surface area contributed by atoms with E-state index in [1.165, 1.54) is 12.1 Å². The van der Waals surface area contributed by atoms with Gasteiger partial charge in [-0.05, 0) is 36.4 Å². The van der Waals surface area contributed by atoms with Gasteiger partial charge >= 0.3 is 6.18 Å². The lowest BCUT2D eigenvalue weighted by Gasteiger charge is -2.25. The second-order valence-corrected chi connectivity index (χ2v) is 5.72. The number of hydrogen-bond acceptors (Lipinski definition) is 1. The molecule has 0 aromatic heterocycles. The van der Waals surface area contributed by atoms with Crippen LogP contribution in [0.25, 0.3) is 0 Å². The molecule has 0 aliphatic carbocycles. The first-order valence-electron chi connectivity index (χ1n) is 6.61. The van der Waals surface area contributed by atoms with E-state index in [1.807, 2.05) is 0 Å². The molecular formula is C15H22F3N. The molecule has 0 saturated heterocycles. The Hall–Kier alpha value is -1.03. The maximum absolute atomic E-state index is 12.6. The van der Waals surface area contributed by atoms with Crippen LogP contribution in [0.1, 0.15) is 38.3 Å². The van der Waals surface area contributed by atoms with E-state index >= 15 is 0 Å². The first kappa shape index (κ1) is 16.0. The number of alkyl halides is 3. The fourth-order valence-corrected chi connectivity index (χ4v) is 2.08. The molecule has 1 N–H and O–H groups in total. The minimum atomic E-state index is -4.26. The van der Waals surface area contributed by atoms with Crippen LogP contribution in [0.5, 0.6) is 0 Å². The van der Waals surface area contributed by atoms with Crippen molar-refractivity contribution < 1.29 is 13.2 Å². The third-order valence-corrected chi connectivity index (χ3v) is 2.97. The Labute approximate surface area is 113 Å². The van der Waals surface area contributed by atoms with Crippen LogP contribution < -0.4 is 5.32 Å². The summed E-state index contributed by atoms with van der Waals surface area (Å²) >= 11 is 0. The van der Waals surface area contributed by atoms with Crippen LogP contribution in [0.15, 0.2) is 24.3 Å². The number of benzene rings is 1. The molecule has 1 nitrogen and oxygen atoms in total. The third-order valence-electron chi connectivity index (χ3n) is 2.97. The van der Waals surface area contributed by atoms with E-state index in [0.717, 1.165) is 31.1 Å². The van der Waals surface area contributed by atoms with Crippen molar-refractivity contribution in [2.75, 3.05) is 13.1 Å². The fourth-order valence-electron chi connectivity index (χ4n) is 2.08. The van der Waals surface area contributed by atoms with E-state index in [4.69, 9.17) is 0 Å². The Morgan fingerprint density at radius 2 is 1.84 bits per heavy atom. The van der Waals surface area contributed by atoms with Gasteiger partial charge in [0.05, 0.1) is 5.56 Å². The molecule has 0 amide bonds. The van der Waals surface area contributed by atoms with Crippen LogP contribution in [0.2, 0.25) is 0 Å². The predicted molar refractivity (Wildman–Crippen MR) is 72.1 cm³/mol. The molecule has 0 radical (unpaired) electrons. The van der Waals surface area contributed by atoms with Crippen molar-refractivity contribution in [3.05, 3.63) is 35.4 Å². The van der Waals surface area contributed by atoms with Gasteiger partial charge in [0.1, 0.15) is 0 Å². The van der Waals surface area contributed by atoms with Crippen LogP contribution in [-0.4, -0.2) is 13.1 Å². The first-order chi connectivity index (χ1) is 8.74. The molecule has 0 aliphatic rings. The van der Waals surface area contributed by atoms with Crippen molar-refractivity contribution in [3.8, 4) is 0 Å². The van der Waals surface area contributed by atoms with E-state index in [9.17, 15) is 13.2 Å². The minimum Gasteiger partial charge on any atom is -0.316 e. The molecule has 0 heterocycles. The molecule has 1 aromatic carbocycles. The summed E-state index contributed by atoms with van der Waals surface area (Å²) in [5, 5.41) is 3.32. The zero-order valence-corrected chi connectivity index (χ0v) is 11.8. The molecule has 0 spiro atoms. The van der Waals surface area contributed by atoms with Crippen molar-refractivity contribution in [3.63, 3.8) is 0 Å². The molecule has 0 aliphatic heterocycles. The van der Waals surface area contributed by atoms with Gasteiger partial charge < -0.3 is 5.32 Å². The quantitative estimate of drug-likeness (QED) is 0.763. The molecule has 0 fully saturated rings. The van der Waals surface area contributed by atoms with E-state index < -0.39 is 11.7 Å². The third kappa shape index (κ3) is 5.64. The summed E-state index contributed by atoms with van der Waals surface area (Å²) in [6.45, 7) is 7.96. The molecule has 0 bridgehead atoms. The SMILES string of the molecule is CCCNCC(C)(C)Cc1cccc(C(F)(F)F)c1. The minimum absolute atomic E-state index is 0.0562. The van der Waals surface area contributed by atoms with E-state index in [2.05, 4.69) is 26.1 Å². The highest BCUT2D eigenvalue weighted by Crippen LogP contribution is 2.31. The number of nitrogens with one attached hydrogen (secondary N) is 1. The van der Waals surface area contributed by atoms with E-state index in [-0.39, 0.29) is 5.41 Å². The molecule has 1 aromatic rings. The van der Waals surface area contributed by atoms with Gasteiger partial charge in [-0.15, -0.1) is 0 Å². The summed E-state index contributed by atoms with van der Waals surface area (Å²) in [5.41, 5.74) is 0.111. The molecule has 19 heavy (non-hydrogen) atoms. The standard InChI is InChI=1S/C15H22F3N/c1-4-8-19-11-14(2,3)10-12-6-5-7-13(9-12)15(16,17)18/h5-7,9,19H,4,8,10-11H2,1-3H3. The average molecular weight is 273 g/mol. The highest BCUT2D eigenvalue weighted by atomic mass is 19.4. The lowest BCUT2D eigenvalue weighted by molar-refractivity contribution is -0.137. The molecule has 0 saturated carbocycles. The second kappa shape index (κ2) is 6.42. The second-order valence-electron chi connectivity index (χ2n) is 5.72. The summed E-state index contributed by atoms with van der Waals surface area (Å²) in [6, 6.07) is 5.61. The molecule has 1 rings (SSSR count). The molecule has 4 heteroatoms. The predicted octanol–water partition coefficient (Wildman–Crippen LogP) is 4.27. The molecule has 108 valence electrons. The van der Waals surface area contributed by atoms with E-state index in [1.54, 1.807) is 6.07 Å². The highest BCUT2D eigenvalue weighted by Gasteiger charge is 2.30. The van der Waals surface area contributed by atoms with E-state index in [0.29, 0.717) is 6.42 Å². The topological polar surface area (TPSA) is 12.0 Å². The Bertz CT molecular complexity index is 397. The fraction of sp³-hybridized carbons (Fsp3) is 0.600. The van der Waals surface area contributed by atoms with Crippen molar-refractivity contribution in [2.24, 2.45) is 5.41 Å². The maximum Gasteiger partial charge on any atom is 0.416 e. The summed E-state index contributed by atoms with van der Waals surface area (Å²) in [5.74, 6) is 0. The Kier molecular flexibility index (Phi) is 5.41. The zero-order chi connectivity index (χ0) is 14.5. The van der Waals surface area contributed by atoms with Gasteiger partial charge in [-0.1, -0.05) is 39.0 Å². The number of rotatable bonds is 6. The van der Waals surface area contributed by atoms with Crippen molar-refractivity contribution in [1.29, 1.82) is 0 Å². The van der Waals surface area contributed by atoms with Crippen LogP contribution >= 0.6 is 0 Å². The molecular weight excluding hydrogens is 251 g/mol. The van der Waals surface area contributed by atoms with Gasteiger partial charge in [-0.3, -0.25) is 0 Å². The van der Waals surface area contributed by atoms with Crippen LogP contribution in [0, 0.1) is 5.41 Å². The largest absolute Gasteiger partial charge is 0.416 e. The van der Waals surface area contributed by atoms with Crippen molar-refractivity contribution in [2.45, 2.75) is 39.8 Å². The van der Waals surface area contributed by atoms with Gasteiger partial charge in [0, 0.05) is 6.54 Å². The first-order valence-corrected chi connectivity index (χ1v) is 6.61. The normalized spacial score (nSPS) is 12.7. The van der Waals surface area contributed by atoms with Crippen LogP contribution in [0.3, 0.4) is 0 Å². The summed E-state index contributed by atoms with van der Waals surface area (Å²) in [7, 11) is 0. The number of hydrogen-bond donors (Lipinski definition) is 1. The Morgan fingerprint density at radius 1 is 1.16 bits per heavy atom. The number of halogens is 3. The van der Waals surface area contributed by atoms with Crippen molar-refractivity contribution in [1.82, 2.24) is 5.32 Å². The van der Waals surface area contributed by atoms with Crippen molar-refractivity contribution >= 4 is 0 Å². The molecule has 0 unspecified atom stereocenters. The van der Waals surface area contributed by atoms with Crippen LogP contribution in [-0.2, 0) is 12.6 Å². The zero-order valence-electron chi connectivity index (χ0n) is 11.8.